The van der Waals surface area contributed by atoms with Crippen molar-refractivity contribution in [3.05, 3.63) is 18.2 Å². The number of benzene rings is 1. The second kappa shape index (κ2) is 6.06. The predicted octanol–water partition coefficient (Wildman–Crippen LogP) is 3.71. The van der Waals surface area contributed by atoms with Crippen LogP contribution in [-0.2, 0) is 14.3 Å². The maximum atomic E-state index is 13.1. The number of rotatable bonds is 4. The number of hydrogen-bond acceptors (Lipinski definition) is 5. The van der Waals surface area contributed by atoms with Gasteiger partial charge in [-0.2, -0.15) is 0 Å². The van der Waals surface area contributed by atoms with Crippen LogP contribution in [0, 0.1) is 23.2 Å². The van der Waals surface area contributed by atoms with E-state index in [-0.39, 0.29) is 23.2 Å². The Bertz CT molecular complexity index is 805. The average Bonchev–Trinajstić information content (AvgIpc) is 2.91. The molecule has 0 spiro atoms. The molecule has 150 valence electrons. The van der Waals surface area contributed by atoms with E-state index in [1.165, 1.54) is 37.5 Å². The summed E-state index contributed by atoms with van der Waals surface area (Å²) < 4.78 is 40.2. The summed E-state index contributed by atoms with van der Waals surface area (Å²) >= 11 is 0. The standard InChI is InChI=1S/C20H21F2NO5/c21-20(22)27-15-2-1-14(6-16(15)28-20)23-17(24)10-26-18(25)19-7-11-3-12(8-19)5-13(4-11)9-19/h1-2,6,11-13H,3-5,7-10H2,(H,23,24). The van der Waals surface area contributed by atoms with Gasteiger partial charge in [0.05, 0.1) is 5.41 Å². The lowest BCUT2D eigenvalue weighted by molar-refractivity contribution is -0.286. The Balaban J connectivity index is 1.18. The van der Waals surface area contributed by atoms with E-state index >= 15 is 0 Å². The summed E-state index contributed by atoms with van der Waals surface area (Å²) in [5.74, 6) is 0.776. The molecule has 1 N–H and O–H groups in total. The van der Waals surface area contributed by atoms with E-state index in [0.29, 0.717) is 17.8 Å². The molecule has 0 aromatic heterocycles. The van der Waals surface area contributed by atoms with Crippen molar-refractivity contribution in [3.63, 3.8) is 0 Å². The molecule has 1 amide bonds. The van der Waals surface area contributed by atoms with Crippen molar-refractivity contribution in [2.45, 2.75) is 44.8 Å². The highest BCUT2D eigenvalue weighted by Gasteiger charge is 2.55. The van der Waals surface area contributed by atoms with Crippen molar-refractivity contribution in [1.82, 2.24) is 0 Å². The number of nitrogens with one attached hydrogen (secondary N) is 1. The molecule has 8 heteroatoms. The summed E-state index contributed by atoms with van der Waals surface area (Å²) in [5, 5.41) is 2.53. The van der Waals surface area contributed by atoms with E-state index in [2.05, 4.69) is 14.8 Å². The van der Waals surface area contributed by atoms with E-state index < -0.39 is 24.2 Å². The maximum absolute atomic E-state index is 13.1. The Morgan fingerprint density at radius 1 is 1.04 bits per heavy atom. The predicted molar refractivity (Wildman–Crippen MR) is 92.8 cm³/mol. The molecule has 1 heterocycles. The van der Waals surface area contributed by atoms with Crippen molar-refractivity contribution in [1.29, 1.82) is 0 Å². The van der Waals surface area contributed by atoms with Gasteiger partial charge < -0.3 is 19.5 Å². The number of alkyl halides is 2. The molecule has 0 unspecified atom stereocenters. The topological polar surface area (TPSA) is 73.9 Å². The van der Waals surface area contributed by atoms with Crippen LogP contribution in [0.4, 0.5) is 14.5 Å². The number of halogens is 2. The second-order valence-corrected chi connectivity index (χ2v) is 8.65. The summed E-state index contributed by atoms with van der Waals surface area (Å²) in [6.45, 7) is -0.398. The van der Waals surface area contributed by atoms with Crippen molar-refractivity contribution in [3.8, 4) is 11.5 Å². The van der Waals surface area contributed by atoms with Crippen LogP contribution in [0.1, 0.15) is 38.5 Å². The molecule has 1 aromatic rings. The smallest absolute Gasteiger partial charge is 0.455 e. The second-order valence-electron chi connectivity index (χ2n) is 8.65. The Morgan fingerprint density at radius 2 is 1.64 bits per heavy atom. The first-order valence-electron chi connectivity index (χ1n) is 9.67. The van der Waals surface area contributed by atoms with Gasteiger partial charge in [0.2, 0.25) is 0 Å². The number of fused-ring (bicyclic) bond motifs is 1. The van der Waals surface area contributed by atoms with Crippen molar-refractivity contribution < 1.29 is 32.6 Å². The Kier molecular flexibility index (Phi) is 3.83. The lowest BCUT2D eigenvalue weighted by Crippen LogP contribution is -2.50. The number of anilines is 1. The van der Waals surface area contributed by atoms with Crippen LogP contribution in [0.15, 0.2) is 18.2 Å². The van der Waals surface area contributed by atoms with E-state index in [9.17, 15) is 18.4 Å². The van der Waals surface area contributed by atoms with Crippen molar-refractivity contribution >= 4 is 17.6 Å². The van der Waals surface area contributed by atoms with Crippen LogP contribution in [0.5, 0.6) is 11.5 Å². The van der Waals surface area contributed by atoms with Crippen LogP contribution in [0.2, 0.25) is 0 Å². The number of carbonyl (C=O) groups excluding carboxylic acids is 2. The first kappa shape index (κ1) is 17.7. The third-order valence-corrected chi connectivity index (χ3v) is 6.49. The summed E-state index contributed by atoms with van der Waals surface area (Å²) in [7, 11) is 0. The van der Waals surface area contributed by atoms with E-state index in [0.717, 1.165) is 19.3 Å². The molecule has 4 bridgehead atoms. The van der Waals surface area contributed by atoms with Crippen LogP contribution in [-0.4, -0.2) is 24.8 Å². The van der Waals surface area contributed by atoms with Crippen LogP contribution >= 0.6 is 0 Å². The lowest BCUT2D eigenvalue weighted by atomic mass is 9.49. The highest BCUT2D eigenvalue weighted by Crippen LogP contribution is 2.60. The molecule has 1 aliphatic heterocycles. The Hall–Kier alpha value is -2.38. The number of carbonyl (C=O) groups is 2. The van der Waals surface area contributed by atoms with Gasteiger partial charge in [0.1, 0.15) is 0 Å². The molecular formula is C20H21F2NO5. The quantitative estimate of drug-likeness (QED) is 0.790. The average molecular weight is 393 g/mol. The zero-order valence-electron chi connectivity index (χ0n) is 15.2. The molecule has 6 rings (SSSR count). The molecule has 0 saturated heterocycles. The van der Waals surface area contributed by atoms with Gasteiger partial charge in [0.15, 0.2) is 18.1 Å². The number of amides is 1. The van der Waals surface area contributed by atoms with E-state index in [4.69, 9.17) is 4.74 Å². The highest BCUT2D eigenvalue weighted by atomic mass is 19.3. The fraction of sp³-hybridized carbons (Fsp3) is 0.600. The number of ether oxygens (including phenoxy) is 3. The molecule has 4 fully saturated rings. The molecule has 6 nitrogen and oxygen atoms in total. The molecule has 4 saturated carbocycles. The zero-order chi connectivity index (χ0) is 19.5. The molecule has 4 aliphatic carbocycles. The van der Waals surface area contributed by atoms with Crippen molar-refractivity contribution in [2.75, 3.05) is 11.9 Å². The van der Waals surface area contributed by atoms with Gasteiger partial charge in [-0.15, -0.1) is 8.78 Å². The van der Waals surface area contributed by atoms with Gasteiger partial charge in [-0.25, -0.2) is 0 Å². The highest BCUT2D eigenvalue weighted by molar-refractivity contribution is 5.93. The van der Waals surface area contributed by atoms with E-state index in [1.807, 2.05) is 0 Å². The SMILES string of the molecule is O=C(COC(=O)C12CC3CC(CC(C3)C1)C2)Nc1ccc2c(c1)OC(F)(F)O2. The minimum absolute atomic E-state index is 0.101. The van der Waals surface area contributed by atoms with E-state index in [1.54, 1.807) is 0 Å². The summed E-state index contributed by atoms with van der Waals surface area (Å²) in [5.41, 5.74) is -0.157. The van der Waals surface area contributed by atoms with Gasteiger partial charge in [-0.1, -0.05) is 0 Å². The molecule has 0 radical (unpaired) electrons. The summed E-state index contributed by atoms with van der Waals surface area (Å²) in [6.07, 6.45) is 2.56. The molecule has 28 heavy (non-hydrogen) atoms. The van der Waals surface area contributed by atoms with Crippen LogP contribution in [0.3, 0.4) is 0 Å². The first-order valence-corrected chi connectivity index (χ1v) is 9.67. The fourth-order valence-corrected chi connectivity index (χ4v) is 5.87. The van der Waals surface area contributed by atoms with Gasteiger partial charge in [-0.05, 0) is 68.4 Å². The van der Waals surface area contributed by atoms with Crippen LogP contribution < -0.4 is 14.8 Å². The first-order chi connectivity index (χ1) is 13.3. The largest absolute Gasteiger partial charge is 0.586 e. The van der Waals surface area contributed by atoms with Gasteiger partial charge in [-0.3, -0.25) is 9.59 Å². The molecule has 5 aliphatic rings. The van der Waals surface area contributed by atoms with Crippen molar-refractivity contribution in [2.24, 2.45) is 23.2 Å². The Labute approximate surface area is 160 Å². The number of esters is 1. The third kappa shape index (κ3) is 3.08. The van der Waals surface area contributed by atoms with Crippen LogP contribution in [0.25, 0.3) is 0 Å². The van der Waals surface area contributed by atoms with Gasteiger partial charge in [0.25, 0.3) is 5.91 Å². The monoisotopic (exact) mass is 393 g/mol. The summed E-state index contributed by atoms with van der Waals surface area (Å²) in [4.78, 5) is 24.9. The Morgan fingerprint density at radius 3 is 2.29 bits per heavy atom. The fourth-order valence-electron chi connectivity index (χ4n) is 5.87. The van der Waals surface area contributed by atoms with Gasteiger partial charge >= 0.3 is 12.3 Å². The lowest BCUT2D eigenvalue weighted by Gasteiger charge is -2.55. The summed E-state index contributed by atoms with van der Waals surface area (Å²) in [6, 6.07) is 3.95. The zero-order valence-corrected chi connectivity index (χ0v) is 15.2. The maximum Gasteiger partial charge on any atom is 0.586 e. The molecule has 0 atom stereocenters. The third-order valence-electron chi connectivity index (χ3n) is 6.49. The minimum Gasteiger partial charge on any atom is -0.455 e. The molecule has 1 aromatic carbocycles. The van der Waals surface area contributed by atoms with Gasteiger partial charge in [0, 0.05) is 11.8 Å². The number of hydrogen-bond donors (Lipinski definition) is 1. The molecular weight excluding hydrogens is 372 g/mol. The minimum atomic E-state index is -3.71. The normalized spacial score (nSPS) is 33.6.